The lowest BCUT2D eigenvalue weighted by Gasteiger charge is -2.28. The molecule has 1 saturated carbocycles. The second-order valence-electron chi connectivity index (χ2n) is 6.79. The molecule has 4 rings (SSSR count). The van der Waals surface area contributed by atoms with Gasteiger partial charge < -0.3 is 5.11 Å². The number of hydrogen-bond donors (Lipinski definition) is 2. The van der Waals surface area contributed by atoms with E-state index in [4.69, 9.17) is 5.11 Å². The summed E-state index contributed by atoms with van der Waals surface area (Å²) in [5.74, 6) is -0.252. The van der Waals surface area contributed by atoms with Gasteiger partial charge in [-0.15, -0.1) is 0 Å². The lowest BCUT2D eigenvalue weighted by atomic mass is 9.84. The number of aromatic carboxylic acids is 1. The Bertz CT molecular complexity index is 1020. The van der Waals surface area contributed by atoms with E-state index in [1.807, 2.05) is 0 Å². The normalized spacial score (nSPS) is 20.5. The van der Waals surface area contributed by atoms with Crippen LogP contribution in [0.4, 0.5) is 0 Å². The van der Waals surface area contributed by atoms with Crippen LogP contribution in [0.1, 0.15) is 55.4 Å². The van der Waals surface area contributed by atoms with E-state index in [1.165, 1.54) is 23.5 Å². The van der Waals surface area contributed by atoms with Gasteiger partial charge in [0.05, 0.1) is 24.0 Å². The molecule has 3 aromatic rings. The van der Waals surface area contributed by atoms with Gasteiger partial charge in [0.15, 0.2) is 5.52 Å². The molecule has 0 bridgehead atoms. The summed E-state index contributed by atoms with van der Waals surface area (Å²) in [6.45, 7) is 2.20. The van der Waals surface area contributed by atoms with E-state index < -0.39 is 5.97 Å². The Kier molecular flexibility index (Phi) is 4.06. The molecular weight excluding hydrogens is 336 g/mol. The number of rotatable bonds is 4. The first-order chi connectivity index (χ1) is 12.6. The molecule has 9 heteroatoms. The summed E-state index contributed by atoms with van der Waals surface area (Å²) in [5.41, 5.74) is 0.667. The summed E-state index contributed by atoms with van der Waals surface area (Å²) in [7, 11) is 0. The molecule has 0 radical (unpaired) electrons. The maximum Gasteiger partial charge on any atom is 0.338 e. The highest BCUT2D eigenvalue weighted by Gasteiger charge is 2.25. The number of nitrogens with one attached hydrogen (secondary N) is 1. The van der Waals surface area contributed by atoms with Crippen molar-refractivity contribution in [3.05, 3.63) is 34.5 Å². The fourth-order valence-electron chi connectivity index (χ4n) is 3.75. The number of aromatic amines is 1. The fraction of sp³-hybridized carbons (Fsp3) is 0.471. The van der Waals surface area contributed by atoms with Crippen LogP contribution in [-0.2, 0) is 0 Å². The molecule has 3 aromatic heterocycles. The molecule has 3 heterocycles. The molecule has 1 aliphatic rings. The molecule has 2 atom stereocenters. The second kappa shape index (κ2) is 6.40. The smallest absolute Gasteiger partial charge is 0.338 e. The molecule has 2 N–H and O–H groups in total. The van der Waals surface area contributed by atoms with Gasteiger partial charge in [-0.05, 0) is 18.8 Å². The third kappa shape index (κ3) is 2.79. The van der Waals surface area contributed by atoms with Gasteiger partial charge in [0.2, 0.25) is 5.95 Å². The summed E-state index contributed by atoms with van der Waals surface area (Å²) < 4.78 is 3.05. The van der Waals surface area contributed by atoms with Crippen molar-refractivity contribution >= 4 is 17.0 Å². The van der Waals surface area contributed by atoms with Crippen molar-refractivity contribution in [3.63, 3.8) is 0 Å². The minimum Gasteiger partial charge on any atom is -0.478 e. The Morgan fingerprint density at radius 3 is 2.92 bits per heavy atom. The van der Waals surface area contributed by atoms with Crippen molar-refractivity contribution in [2.75, 3.05) is 0 Å². The zero-order chi connectivity index (χ0) is 18.3. The van der Waals surface area contributed by atoms with Gasteiger partial charge in [0, 0.05) is 6.20 Å². The quantitative estimate of drug-likeness (QED) is 0.739. The first-order valence-electron chi connectivity index (χ1n) is 8.82. The minimum atomic E-state index is -1.09. The van der Waals surface area contributed by atoms with Crippen LogP contribution in [0.2, 0.25) is 0 Å². The molecule has 1 aliphatic carbocycles. The monoisotopic (exact) mass is 356 g/mol. The van der Waals surface area contributed by atoms with Crippen molar-refractivity contribution in [1.82, 2.24) is 29.5 Å². The summed E-state index contributed by atoms with van der Waals surface area (Å²) in [4.78, 5) is 30.8. The highest BCUT2D eigenvalue weighted by Crippen LogP contribution is 2.34. The van der Waals surface area contributed by atoms with Crippen LogP contribution in [0, 0.1) is 5.92 Å². The Hall–Kier alpha value is -2.97. The SMILES string of the molecule is CCC1CCCC(n2ncc3nc(-n4cc(C(=O)O)cn4)[nH]c(=O)c32)C1. The molecule has 0 saturated heterocycles. The van der Waals surface area contributed by atoms with Crippen LogP contribution >= 0.6 is 0 Å². The molecule has 26 heavy (non-hydrogen) atoms. The summed E-state index contributed by atoms with van der Waals surface area (Å²) in [6.07, 6.45) is 9.65. The first kappa shape index (κ1) is 16.5. The Morgan fingerprint density at radius 1 is 1.35 bits per heavy atom. The van der Waals surface area contributed by atoms with Gasteiger partial charge in [-0.25, -0.2) is 14.5 Å². The largest absolute Gasteiger partial charge is 0.478 e. The van der Waals surface area contributed by atoms with Crippen molar-refractivity contribution in [2.45, 2.75) is 45.1 Å². The topological polar surface area (TPSA) is 119 Å². The molecule has 0 spiro atoms. The van der Waals surface area contributed by atoms with Crippen LogP contribution in [-0.4, -0.2) is 40.6 Å². The molecule has 0 aliphatic heterocycles. The third-order valence-electron chi connectivity index (χ3n) is 5.17. The second-order valence-corrected chi connectivity index (χ2v) is 6.79. The van der Waals surface area contributed by atoms with E-state index in [0.29, 0.717) is 17.0 Å². The van der Waals surface area contributed by atoms with Gasteiger partial charge in [-0.2, -0.15) is 10.2 Å². The fourth-order valence-corrected chi connectivity index (χ4v) is 3.75. The van der Waals surface area contributed by atoms with E-state index in [2.05, 4.69) is 27.1 Å². The number of H-pyrrole nitrogens is 1. The molecule has 1 fully saturated rings. The molecule has 0 aromatic carbocycles. The maximum atomic E-state index is 12.7. The minimum absolute atomic E-state index is 0.0243. The lowest BCUT2D eigenvalue weighted by Crippen LogP contribution is -2.23. The molecule has 2 unspecified atom stereocenters. The average molecular weight is 356 g/mol. The van der Waals surface area contributed by atoms with Gasteiger partial charge in [-0.3, -0.25) is 14.5 Å². The van der Waals surface area contributed by atoms with Gasteiger partial charge in [-0.1, -0.05) is 26.2 Å². The maximum absolute atomic E-state index is 12.7. The number of carbonyl (C=O) groups is 1. The molecule has 0 amide bonds. The predicted octanol–water partition coefficient (Wildman–Crippen LogP) is 2.14. The number of hydrogen-bond acceptors (Lipinski definition) is 5. The van der Waals surface area contributed by atoms with Crippen LogP contribution in [0.15, 0.2) is 23.4 Å². The number of aromatic nitrogens is 6. The van der Waals surface area contributed by atoms with E-state index in [1.54, 1.807) is 10.9 Å². The summed E-state index contributed by atoms with van der Waals surface area (Å²) in [6, 6.07) is 0.211. The zero-order valence-corrected chi connectivity index (χ0v) is 14.4. The van der Waals surface area contributed by atoms with E-state index in [0.717, 1.165) is 25.7 Å². The van der Waals surface area contributed by atoms with E-state index >= 15 is 0 Å². The van der Waals surface area contributed by atoms with Gasteiger partial charge >= 0.3 is 5.97 Å². The van der Waals surface area contributed by atoms with E-state index in [-0.39, 0.29) is 23.1 Å². The first-order valence-corrected chi connectivity index (χ1v) is 8.82. The van der Waals surface area contributed by atoms with Crippen LogP contribution in [0.3, 0.4) is 0 Å². The molecular formula is C17H20N6O3. The van der Waals surface area contributed by atoms with Crippen molar-refractivity contribution in [2.24, 2.45) is 5.92 Å². The predicted molar refractivity (Wildman–Crippen MR) is 93.5 cm³/mol. The Labute approximate surface area is 148 Å². The summed E-state index contributed by atoms with van der Waals surface area (Å²) >= 11 is 0. The van der Waals surface area contributed by atoms with Crippen LogP contribution < -0.4 is 5.56 Å². The van der Waals surface area contributed by atoms with Crippen molar-refractivity contribution in [3.8, 4) is 5.95 Å². The summed E-state index contributed by atoms with van der Waals surface area (Å²) in [5, 5.41) is 17.4. The van der Waals surface area contributed by atoms with Crippen LogP contribution in [0.25, 0.3) is 17.0 Å². The number of carboxylic acid groups (broad SMARTS) is 1. The zero-order valence-electron chi connectivity index (χ0n) is 14.4. The Morgan fingerprint density at radius 2 is 2.19 bits per heavy atom. The van der Waals surface area contributed by atoms with Gasteiger partial charge in [0.25, 0.3) is 5.56 Å². The highest BCUT2D eigenvalue weighted by molar-refractivity contribution is 5.87. The Balaban J connectivity index is 1.73. The third-order valence-corrected chi connectivity index (χ3v) is 5.17. The van der Waals surface area contributed by atoms with Crippen molar-refractivity contribution < 1.29 is 9.90 Å². The van der Waals surface area contributed by atoms with Gasteiger partial charge in [0.1, 0.15) is 5.52 Å². The highest BCUT2D eigenvalue weighted by atomic mass is 16.4. The van der Waals surface area contributed by atoms with Crippen LogP contribution in [0.5, 0.6) is 0 Å². The lowest BCUT2D eigenvalue weighted by molar-refractivity contribution is 0.0697. The molecule has 136 valence electrons. The molecule has 9 nitrogen and oxygen atoms in total. The van der Waals surface area contributed by atoms with E-state index in [9.17, 15) is 9.59 Å². The number of fused-ring (bicyclic) bond motifs is 1. The average Bonchev–Trinajstić information content (AvgIpc) is 3.29. The number of carboxylic acids is 1. The number of nitrogens with zero attached hydrogens (tertiary/aromatic N) is 5. The van der Waals surface area contributed by atoms with Crippen molar-refractivity contribution in [1.29, 1.82) is 0 Å². The standard InChI is InChI=1S/C17H20N6O3/c1-2-10-4-3-5-12(6-10)23-14-13(8-19-23)20-17(21-15(14)24)22-9-11(7-18-22)16(25)26/h7-10,12H,2-6H2,1H3,(H,25,26)(H,20,21,24).